The maximum absolute atomic E-state index is 11.1. The maximum Gasteiger partial charge on any atom is 0.264 e. The number of hydrogen-bond acceptors (Lipinski definition) is 4. The molecule has 5 heteroatoms. The average molecular weight is 269 g/mol. The molecule has 0 aromatic heterocycles. The Morgan fingerprint density at radius 2 is 1.67 bits per heavy atom. The largest absolute Gasteiger partial charge is 0.290 e. The first-order valence-corrected chi connectivity index (χ1v) is 7.87. The minimum Gasteiger partial charge on any atom is -0.290 e. The number of nitrogens with zero attached hydrogens (tertiary/aromatic N) is 1. The first-order valence-electron chi connectivity index (χ1n) is 6.06. The highest BCUT2D eigenvalue weighted by molar-refractivity contribution is 7.86. The zero-order valence-electron chi connectivity index (χ0n) is 11.0. The van der Waals surface area contributed by atoms with Crippen LogP contribution in [0, 0.1) is 0 Å². The lowest BCUT2D eigenvalue weighted by Crippen LogP contribution is -2.39. The molecule has 18 heavy (non-hydrogen) atoms. The van der Waals surface area contributed by atoms with E-state index < -0.39 is 10.1 Å². The van der Waals surface area contributed by atoms with Gasteiger partial charge >= 0.3 is 0 Å². The van der Waals surface area contributed by atoms with Gasteiger partial charge in [-0.2, -0.15) is 8.42 Å². The van der Waals surface area contributed by atoms with E-state index in [2.05, 4.69) is 17.0 Å². The van der Waals surface area contributed by atoms with Crippen LogP contribution in [0.15, 0.2) is 24.3 Å². The Labute approximate surface area is 109 Å². The van der Waals surface area contributed by atoms with Crippen LogP contribution in [0.5, 0.6) is 0 Å². The highest BCUT2D eigenvalue weighted by Crippen LogP contribution is 2.25. The summed E-state index contributed by atoms with van der Waals surface area (Å²) < 4.78 is 27.3. The lowest BCUT2D eigenvalue weighted by molar-refractivity contribution is 0.0911. The molecule has 1 aliphatic heterocycles. The molecule has 2 rings (SSSR count). The van der Waals surface area contributed by atoms with Gasteiger partial charge in [0.15, 0.2) is 0 Å². The summed E-state index contributed by atoms with van der Waals surface area (Å²) in [7, 11) is -3.39. The maximum atomic E-state index is 11.1. The van der Waals surface area contributed by atoms with Gasteiger partial charge in [0, 0.05) is 19.1 Å². The molecule has 1 aromatic rings. The molecule has 1 aromatic carbocycles. The Morgan fingerprint density at radius 1 is 1.17 bits per heavy atom. The fourth-order valence-corrected chi connectivity index (χ4v) is 3.01. The smallest absolute Gasteiger partial charge is 0.264 e. The van der Waals surface area contributed by atoms with Crippen molar-refractivity contribution in [2.24, 2.45) is 0 Å². The molecule has 0 bridgehead atoms. The summed E-state index contributed by atoms with van der Waals surface area (Å²) >= 11 is 0. The van der Waals surface area contributed by atoms with Gasteiger partial charge in [0.05, 0.1) is 12.4 Å². The van der Waals surface area contributed by atoms with Crippen molar-refractivity contribution < 1.29 is 12.6 Å². The molecule has 100 valence electrons. The van der Waals surface area contributed by atoms with Crippen molar-refractivity contribution in [1.82, 2.24) is 4.90 Å². The van der Waals surface area contributed by atoms with E-state index >= 15 is 0 Å². The van der Waals surface area contributed by atoms with Crippen LogP contribution in [0.3, 0.4) is 0 Å². The van der Waals surface area contributed by atoms with E-state index in [0.717, 1.165) is 19.3 Å². The first-order chi connectivity index (χ1) is 8.37. The zero-order chi connectivity index (χ0) is 13.3. The Balaban J connectivity index is 2.03. The SMILES string of the molecule is CC(OS(C)(=O)=O)C(C)N1Cc2ccccc2C1. The van der Waals surface area contributed by atoms with Gasteiger partial charge in [0.1, 0.15) is 0 Å². The van der Waals surface area contributed by atoms with E-state index in [9.17, 15) is 8.42 Å². The second kappa shape index (κ2) is 4.99. The molecule has 0 N–H and O–H groups in total. The first kappa shape index (κ1) is 13.5. The molecule has 0 spiro atoms. The molecule has 0 amide bonds. The summed E-state index contributed by atoms with van der Waals surface area (Å²) in [5.74, 6) is 0. The Bertz CT molecular complexity index is 502. The second-order valence-corrected chi connectivity index (χ2v) is 6.52. The van der Waals surface area contributed by atoms with Crippen molar-refractivity contribution in [2.45, 2.75) is 39.1 Å². The third kappa shape index (κ3) is 3.10. The molecule has 0 radical (unpaired) electrons. The fraction of sp³-hybridized carbons (Fsp3) is 0.538. The predicted molar refractivity (Wildman–Crippen MR) is 70.5 cm³/mol. The number of fused-ring (bicyclic) bond motifs is 1. The molecule has 2 unspecified atom stereocenters. The molecular formula is C13H19NO3S. The minimum atomic E-state index is -3.39. The van der Waals surface area contributed by atoms with Crippen molar-refractivity contribution in [2.75, 3.05) is 6.26 Å². The normalized spacial score (nSPS) is 19.5. The van der Waals surface area contributed by atoms with Gasteiger partial charge in [-0.1, -0.05) is 24.3 Å². The molecular weight excluding hydrogens is 250 g/mol. The molecule has 0 fully saturated rings. The summed E-state index contributed by atoms with van der Waals surface area (Å²) in [6.45, 7) is 5.51. The molecule has 0 saturated carbocycles. The zero-order valence-corrected chi connectivity index (χ0v) is 11.8. The van der Waals surface area contributed by atoms with Crippen LogP contribution < -0.4 is 0 Å². The molecule has 0 aliphatic carbocycles. The van der Waals surface area contributed by atoms with E-state index in [1.54, 1.807) is 6.92 Å². The van der Waals surface area contributed by atoms with E-state index in [0.29, 0.717) is 0 Å². The van der Waals surface area contributed by atoms with Crippen molar-refractivity contribution >= 4 is 10.1 Å². The van der Waals surface area contributed by atoms with Crippen LogP contribution in [-0.2, 0) is 27.4 Å². The highest BCUT2D eigenvalue weighted by Gasteiger charge is 2.28. The molecule has 4 nitrogen and oxygen atoms in total. The lowest BCUT2D eigenvalue weighted by Gasteiger charge is -2.28. The Morgan fingerprint density at radius 3 is 2.11 bits per heavy atom. The van der Waals surface area contributed by atoms with Gasteiger partial charge < -0.3 is 0 Å². The van der Waals surface area contributed by atoms with Gasteiger partial charge in [-0.3, -0.25) is 9.08 Å². The molecule has 1 heterocycles. The number of benzene rings is 1. The average Bonchev–Trinajstić information content (AvgIpc) is 2.68. The van der Waals surface area contributed by atoms with Crippen molar-refractivity contribution in [1.29, 1.82) is 0 Å². The predicted octanol–water partition coefficient (Wildman–Crippen LogP) is 1.76. The van der Waals surface area contributed by atoms with Crippen LogP contribution in [0.4, 0.5) is 0 Å². The van der Waals surface area contributed by atoms with Crippen molar-refractivity contribution in [3.63, 3.8) is 0 Å². The molecule has 2 atom stereocenters. The van der Waals surface area contributed by atoms with Gasteiger partial charge in [0.2, 0.25) is 0 Å². The van der Waals surface area contributed by atoms with Crippen LogP contribution in [0.1, 0.15) is 25.0 Å². The molecule has 0 saturated heterocycles. The van der Waals surface area contributed by atoms with Crippen LogP contribution in [0.2, 0.25) is 0 Å². The lowest BCUT2D eigenvalue weighted by atomic mass is 10.1. The number of rotatable bonds is 4. The Kier molecular flexibility index (Phi) is 3.75. The summed E-state index contributed by atoms with van der Waals surface area (Å²) in [4.78, 5) is 2.24. The standard InChI is InChI=1S/C13H19NO3S/c1-10(11(2)17-18(3,15)16)14-8-12-6-4-5-7-13(12)9-14/h4-7,10-11H,8-9H2,1-3H3. The fourth-order valence-electron chi connectivity index (χ4n) is 2.30. The van der Waals surface area contributed by atoms with Crippen LogP contribution >= 0.6 is 0 Å². The van der Waals surface area contributed by atoms with Crippen molar-refractivity contribution in [3.8, 4) is 0 Å². The Hall–Kier alpha value is -0.910. The van der Waals surface area contributed by atoms with E-state index in [4.69, 9.17) is 4.18 Å². The summed E-state index contributed by atoms with van der Waals surface area (Å²) in [6, 6.07) is 8.35. The quantitative estimate of drug-likeness (QED) is 0.781. The monoisotopic (exact) mass is 269 g/mol. The van der Waals surface area contributed by atoms with Crippen LogP contribution in [0.25, 0.3) is 0 Å². The van der Waals surface area contributed by atoms with Gasteiger partial charge in [-0.15, -0.1) is 0 Å². The number of hydrogen-bond donors (Lipinski definition) is 0. The van der Waals surface area contributed by atoms with E-state index in [1.807, 2.05) is 19.1 Å². The van der Waals surface area contributed by atoms with Gasteiger partial charge in [-0.05, 0) is 25.0 Å². The van der Waals surface area contributed by atoms with E-state index in [-0.39, 0.29) is 12.1 Å². The molecule has 1 aliphatic rings. The van der Waals surface area contributed by atoms with Crippen LogP contribution in [-0.4, -0.2) is 31.7 Å². The third-order valence-corrected chi connectivity index (χ3v) is 4.10. The van der Waals surface area contributed by atoms with Crippen molar-refractivity contribution in [3.05, 3.63) is 35.4 Å². The topological polar surface area (TPSA) is 46.6 Å². The highest BCUT2D eigenvalue weighted by atomic mass is 32.2. The third-order valence-electron chi connectivity index (χ3n) is 3.45. The second-order valence-electron chi connectivity index (χ2n) is 4.92. The summed E-state index contributed by atoms with van der Waals surface area (Å²) in [5, 5.41) is 0. The van der Waals surface area contributed by atoms with Gasteiger partial charge in [-0.25, -0.2) is 0 Å². The summed E-state index contributed by atoms with van der Waals surface area (Å²) in [6.07, 6.45) is 0.754. The van der Waals surface area contributed by atoms with E-state index in [1.165, 1.54) is 11.1 Å². The summed E-state index contributed by atoms with van der Waals surface area (Å²) in [5.41, 5.74) is 2.63. The van der Waals surface area contributed by atoms with Gasteiger partial charge in [0.25, 0.3) is 10.1 Å². The minimum absolute atomic E-state index is 0.0622.